The number of fused-ring (bicyclic) bond motifs is 4. The first kappa shape index (κ1) is 21.3. The van der Waals surface area contributed by atoms with Crippen LogP contribution in [0, 0.1) is 22.7 Å². The number of ether oxygens (including phenoxy) is 1. The molecule has 180 valence electrons. The predicted octanol–water partition coefficient (Wildman–Crippen LogP) is 0.916. The van der Waals surface area contributed by atoms with Crippen molar-refractivity contribution in [2.24, 2.45) is 22.7 Å². The van der Waals surface area contributed by atoms with E-state index in [-0.39, 0.29) is 29.8 Å². The molecule has 9 nitrogen and oxygen atoms in total. The van der Waals surface area contributed by atoms with Crippen LogP contribution in [0.5, 0.6) is 0 Å². The van der Waals surface area contributed by atoms with Crippen molar-refractivity contribution in [1.82, 2.24) is 20.2 Å². The van der Waals surface area contributed by atoms with Gasteiger partial charge in [-0.25, -0.2) is 4.98 Å². The number of aliphatic hydroxyl groups is 4. The fourth-order valence-corrected chi connectivity index (χ4v) is 8.90. The molecule has 2 aromatic rings. The standard InChI is InChI=1S/C25H30N4O5/c1-22(2)9-8-15(30)23-11-34-25(33,20(32)17(22)23)24-14(23)7-6-12(19(24)31)16-18(24)27-21(29-28-16)13-5-3-4-10-26-13/h3-5,10,12,14-15,17,19-20,30-33H,6-9,11H2,1-2H3/t12-,14?,15-,17?,19+,20-,23+,24?,25-/m0/s1. The van der Waals surface area contributed by atoms with Crippen molar-refractivity contribution in [2.45, 2.75) is 75.0 Å². The molecule has 9 atom stereocenters. The Morgan fingerprint density at radius 2 is 1.85 bits per heavy atom. The summed E-state index contributed by atoms with van der Waals surface area (Å²) in [5, 5.41) is 56.2. The van der Waals surface area contributed by atoms with Crippen LogP contribution >= 0.6 is 0 Å². The molecular formula is C25H30N4O5. The molecule has 34 heavy (non-hydrogen) atoms. The molecule has 4 bridgehead atoms. The van der Waals surface area contributed by atoms with Gasteiger partial charge in [0.2, 0.25) is 11.6 Å². The summed E-state index contributed by atoms with van der Waals surface area (Å²) in [6.07, 6.45) is 1.21. The molecule has 6 aliphatic rings. The largest absolute Gasteiger partial charge is 0.392 e. The first-order valence-corrected chi connectivity index (χ1v) is 12.3. The summed E-state index contributed by atoms with van der Waals surface area (Å²) in [6, 6.07) is 5.42. The molecule has 5 fully saturated rings. The maximum absolute atomic E-state index is 12.3. The summed E-state index contributed by atoms with van der Waals surface area (Å²) in [4.78, 5) is 9.20. The molecule has 9 heteroatoms. The quantitative estimate of drug-likeness (QED) is 0.482. The number of rotatable bonds is 1. The first-order chi connectivity index (χ1) is 16.2. The van der Waals surface area contributed by atoms with E-state index in [9.17, 15) is 20.4 Å². The van der Waals surface area contributed by atoms with Gasteiger partial charge >= 0.3 is 0 Å². The Balaban J connectivity index is 1.51. The second-order valence-electron chi connectivity index (χ2n) is 11.7. The number of hydrogen-bond acceptors (Lipinski definition) is 9. The molecule has 8 rings (SSSR count). The van der Waals surface area contributed by atoms with Gasteiger partial charge in [0.15, 0.2) is 0 Å². The smallest absolute Gasteiger partial charge is 0.206 e. The van der Waals surface area contributed by atoms with Gasteiger partial charge in [-0.1, -0.05) is 19.9 Å². The van der Waals surface area contributed by atoms with Gasteiger partial charge in [-0.3, -0.25) is 4.98 Å². The number of aromatic nitrogens is 4. The molecule has 4 aliphatic carbocycles. The van der Waals surface area contributed by atoms with Crippen molar-refractivity contribution in [3.8, 4) is 11.5 Å². The van der Waals surface area contributed by atoms with E-state index < -0.39 is 34.9 Å². The Hall–Kier alpha value is -2.04. The van der Waals surface area contributed by atoms with Gasteiger partial charge in [0.25, 0.3) is 0 Å². The Morgan fingerprint density at radius 1 is 1.03 bits per heavy atom. The summed E-state index contributed by atoms with van der Waals surface area (Å²) in [5.74, 6) is -2.84. The molecule has 3 saturated carbocycles. The lowest BCUT2D eigenvalue weighted by Crippen LogP contribution is -2.86. The second-order valence-corrected chi connectivity index (χ2v) is 11.7. The molecule has 0 amide bonds. The monoisotopic (exact) mass is 466 g/mol. The van der Waals surface area contributed by atoms with Crippen LogP contribution < -0.4 is 0 Å². The minimum atomic E-state index is -2.06. The minimum absolute atomic E-state index is 0.139. The average Bonchev–Trinajstić information content (AvgIpc) is 2.96. The van der Waals surface area contributed by atoms with E-state index in [4.69, 9.17) is 9.72 Å². The van der Waals surface area contributed by atoms with Crippen molar-refractivity contribution < 1.29 is 25.2 Å². The minimum Gasteiger partial charge on any atom is -0.392 e. The van der Waals surface area contributed by atoms with Gasteiger partial charge in [0.1, 0.15) is 17.2 Å². The topological polar surface area (TPSA) is 142 Å². The van der Waals surface area contributed by atoms with Crippen molar-refractivity contribution >= 4 is 0 Å². The highest BCUT2D eigenvalue weighted by atomic mass is 16.6. The summed E-state index contributed by atoms with van der Waals surface area (Å²) >= 11 is 0. The first-order valence-electron chi connectivity index (χ1n) is 12.3. The Kier molecular flexibility index (Phi) is 3.99. The SMILES string of the molecule is CC1(C)CC[C@H](O)[C@]23CO[C@@](O)([C@@H](O)C12)C12c4nc(-c5ccccn5)nnc4[C@H](CCC13)[C@H]2O. The molecular weight excluding hydrogens is 436 g/mol. The molecule has 2 spiro atoms. The molecule has 2 aliphatic heterocycles. The molecule has 3 unspecified atom stereocenters. The zero-order valence-electron chi connectivity index (χ0n) is 19.3. The third-order valence-electron chi connectivity index (χ3n) is 10.1. The van der Waals surface area contributed by atoms with Gasteiger partial charge in [0.05, 0.1) is 30.2 Å². The van der Waals surface area contributed by atoms with Gasteiger partial charge in [-0.2, -0.15) is 5.10 Å². The van der Waals surface area contributed by atoms with E-state index in [1.54, 1.807) is 18.3 Å². The Morgan fingerprint density at radius 3 is 2.62 bits per heavy atom. The molecule has 4 N–H and O–H groups in total. The highest BCUT2D eigenvalue weighted by Gasteiger charge is 2.85. The molecule has 4 heterocycles. The van der Waals surface area contributed by atoms with Crippen LogP contribution in [-0.2, 0) is 10.2 Å². The van der Waals surface area contributed by atoms with Crippen molar-refractivity contribution in [2.75, 3.05) is 6.61 Å². The summed E-state index contributed by atoms with van der Waals surface area (Å²) in [7, 11) is 0. The third-order valence-corrected chi connectivity index (χ3v) is 10.1. The number of aliphatic hydroxyl groups excluding tert-OH is 3. The van der Waals surface area contributed by atoms with Crippen LogP contribution in [-0.4, -0.2) is 71.3 Å². The van der Waals surface area contributed by atoms with E-state index >= 15 is 0 Å². The van der Waals surface area contributed by atoms with Crippen LogP contribution in [0.2, 0.25) is 0 Å². The lowest BCUT2D eigenvalue weighted by molar-refractivity contribution is -0.449. The zero-order chi connectivity index (χ0) is 23.7. The highest BCUT2D eigenvalue weighted by molar-refractivity contribution is 5.53. The van der Waals surface area contributed by atoms with Crippen LogP contribution in [0.4, 0.5) is 0 Å². The number of hydrogen-bond donors (Lipinski definition) is 4. The lowest BCUT2D eigenvalue weighted by Gasteiger charge is -2.75. The fraction of sp³-hybridized carbons (Fsp3) is 0.680. The van der Waals surface area contributed by atoms with Crippen LogP contribution in [0.25, 0.3) is 11.5 Å². The second kappa shape index (κ2) is 6.39. The maximum Gasteiger partial charge on any atom is 0.206 e. The summed E-state index contributed by atoms with van der Waals surface area (Å²) < 4.78 is 6.15. The predicted molar refractivity (Wildman–Crippen MR) is 118 cm³/mol. The van der Waals surface area contributed by atoms with Crippen molar-refractivity contribution in [3.63, 3.8) is 0 Å². The van der Waals surface area contributed by atoms with Crippen LogP contribution in [0.3, 0.4) is 0 Å². The Bertz CT molecular complexity index is 1180. The van der Waals surface area contributed by atoms with E-state index in [1.807, 2.05) is 6.07 Å². The summed E-state index contributed by atoms with van der Waals surface area (Å²) in [5.41, 5.74) is -1.03. The van der Waals surface area contributed by atoms with Gasteiger partial charge < -0.3 is 25.2 Å². The third kappa shape index (κ3) is 2.08. The zero-order valence-corrected chi connectivity index (χ0v) is 19.3. The van der Waals surface area contributed by atoms with E-state index in [0.717, 1.165) is 6.42 Å². The fourth-order valence-electron chi connectivity index (χ4n) is 8.90. The van der Waals surface area contributed by atoms with Gasteiger partial charge in [-0.05, 0) is 49.1 Å². The number of nitrogens with zero attached hydrogens (tertiary/aromatic N) is 4. The van der Waals surface area contributed by atoms with Crippen LogP contribution in [0.15, 0.2) is 24.4 Å². The van der Waals surface area contributed by atoms with E-state index in [1.165, 1.54) is 0 Å². The van der Waals surface area contributed by atoms with Crippen molar-refractivity contribution in [3.05, 3.63) is 35.8 Å². The van der Waals surface area contributed by atoms with E-state index in [0.29, 0.717) is 42.2 Å². The van der Waals surface area contributed by atoms with Gasteiger partial charge in [-0.15, -0.1) is 5.10 Å². The molecule has 2 aromatic heterocycles. The van der Waals surface area contributed by atoms with Crippen LogP contribution in [0.1, 0.15) is 56.8 Å². The number of pyridine rings is 1. The molecule has 0 aromatic carbocycles. The lowest BCUT2D eigenvalue weighted by atomic mass is 9.35. The van der Waals surface area contributed by atoms with Crippen molar-refractivity contribution in [1.29, 1.82) is 0 Å². The van der Waals surface area contributed by atoms with Gasteiger partial charge in [0, 0.05) is 23.4 Å². The highest BCUT2D eigenvalue weighted by Crippen LogP contribution is 2.76. The average molecular weight is 467 g/mol. The normalized spacial score (nSPS) is 47.6. The summed E-state index contributed by atoms with van der Waals surface area (Å²) in [6.45, 7) is 4.33. The molecule has 0 radical (unpaired) electrons. The Labute approximate surface area is 197 Å². The molecule has 2 saturated heterocycles. The maximum atomic E-state index is 12.3. The van der Waals surface area contributed by atoms with E-state index in [2.05, 4.69) is 29.0 Å².